The predicted molar refractivity (Wildman–Crippen MR) is 81.7 cm³/mol. The largest absolute Gasteiger partial charge is 0.325 e. The number of hydrogen-bond acceptors (Lipinski definition) is 2. The van der Waals surface area contributed by atoms with Crippen molar-refractivity contribution < 1.29 is 4.79 Å². The molecule has 1 N–H and O–H groups in total. The Morgan fingerprint density at radius 3 is 2.05 bits per heavy atom. The van der Waals surface area contributed by atoms with E-state index in [2.05, 4.69) is 24.4 Å². The van der Waals surface area contributed by atoms with Gasteiger partial charge in [0.1, 0.15) is 0 Å². The zero-order valence-corrected chi connectivity index (χ0v) is 12.0. The number of carbonyl (C=O) groups is 1. The van der Waals surface area contributed by atoms with E-state index in [1.165, 1.54) is 11.1 Å². The van der Waals surface area contributed by atoms with Crippen molar-refractivity contribution in [3.05, 3.63) is 59.7 Å². The Labute approximate surface area is 118 Å². The maximum absolute atomic E-state index is 11.8. The van der Waals surface area contributed by atoms with Gasteiger partial charge in [0, 0.05) is 10.6 Å². The first-order valence-corrected chi connectivity index (χ1v) is 7.18. The molecule has 0 aliphatic heterocycles. The van der Waals surface area contributed by atoms with Crippen LogP contribution in [0.4, 0.5) is 5.69 Å². The normalized spacial score (nSPS) is 10.2. The SMILES string of the molecule is Cc1ccc(NC(=O)CSc2ccc(C)cc2)cc1. The second-order valence-corrected chi connectivity index (χ2v) is 5.56. The summed E-state index contributed by atoms with van der Waals surface area (Å²) in [6, 6.07) is 16.0. The molecule has 2 aromatic rings. The fourth-order valence-corrected chi connectivity index (χ4v) is 2.32. The highest BCUT2D eigenvalue weighted by atomic mass is 32.2. The van der Waals surface area contributed by atoms with E-state index in [0.29, 0.717) is 5.75 Å². The van der Waals surface area contributed by atoms with Gasteiger partial charge in [0.15, 0.2) is 0 Å². The zero-order chi connectivity index (χ0) is 13.7. The Hall–Kier alpha value is -1.74. The van der Waals surface area contributed by atoms with Crippen LogP contribution in [0.5, 0.6) is 0 Å². The number of benzene rings is 2. The van der Waals surface area contributed by atoms with E-state index in [9.17, 15) is 4.79 Å². The Balaban J connectivity index is 1.84. The number of carbonyl (C=O) groups excluding carboxylic acids is 1. The van der Waals surface area contributed by atoms with E-state index in [0.717, 1.165) is 10.6 Å². The third-order valence-corrected chi connectivity index (χ3v) is 3.74. The Kier molecular flexibility index (Phi) is 4.63. The third-order valence-electron chi connectivity index (χ3n) is 2.73. The highest BCUT2D eigenvalue weighted by Crippen LogP contribution is 2.18. The molecule has 98 valence electrons. The molecule has 0 radical (unpaired) electrons. The van der Waals surface area contributed by atoms with Crippen molar-refractivity contribution in [3.63, 3.8) is 0 Å². The van der Waals surface area contributed by atoms with Crippen LogP contribution in [0.15, 0.2) is 53.4 Å². The molecule has 0 saturated heterocycles. The average Bonchev–Trinajstić information content (AvgIpc) is 2.41. The summed E-state index contributed by atoms with van der Waals surface area (Å²) in [5.41, 5.74) is 3.26. The molecule has 2 aromatic carbocycles. The number of amides is 1. The van der Waals surface area contributed by atoms with Gasteiger partial charge in [-0.25, -0.2) is 0 Å². The smallest absolute Gasteiger partial charge is 0.234 e. The van der Waals surface area contributed by atoms with Gasteiger partial charge in [0.2, 0.25) is 5.91 Å². The van der Waals surface area contributed by atoms with Gasteiger partial charge in [-0.15, -0.1) is 11.8 Å². The van der Waals surface area contributed by atoms with Crippen LogP contribution in [0.25, 0.3) is 0 Å². The molecule has 0 unspecified atom stereocenters. The van der Waals surface area contributed by atoms with E-state index >= 15 is 0 Å². The van der Waals surface area contributed by atoms with Gasteiger partial charge >= 0.3 is 0 Å². The average molecular weight is 271 g/mol. The summed E-state index contributed by atoms with van der Waals surface area (Å²) < 4.78 is 0. The molecule has 2 rings (SSSR count). The minimum absolute atomic E-state index is 0.0226. The first kappa shape index (κ1) is 13.7. The van der Waals surface area contributed by atoms with Crippen LogP contribution in [0.2, 0.25) is 0 Å². The van der Waals surface area contributed by atoms with Crippen LogP contribution in [-0.2, 0) is 4.79 Å². The van der Waals surface area contributed by atoms with Crippen LogP contribution >= 0.6 is 11.8 Å². The molecule has 19 heavy (non-hydrogen) atoms. The van der Waals surface area contributed by atoms with Crippen LogP contribution in [0.3, 0.4) is 0 Å². The van der Waals surface area contributed by atoms with Gasteiger partial charge in [-0.3, -0.25) is 4.79 Å². The van der Waals surface area contributed by atoms with Crippen LogP contribution in [0.1, 0.15) is 11.1 Å². The molecule has 0 spiro atoms. The second kappa shape index (κ2) is 6.43. The second-order valence-electron chi connectivity index (χ2n) is 4.52. The lowest BCUT2D eigenvalue weighted by Gasteiger charge is -2.05. The highest BCUT2D eigenvalue weighted by Gasteiger charge is 2.03. The van der Waals surface area contributed by atoms with E-state index in [1.807, 2.05) is 43.3 Å². The van der Waals surface area contributed by atoms with Gasteiger partial charge < -0.3 is 5.32 Å². The van der Waals surface area contributed by atoms with Crippen molar-refractivity contribution in [1.82, 2.24) is 0 Å². The summed E-state index contributed by atoms with van der Waals surface area (Å²) in [6.07, 6.45) is 0. The van der Waals surface area contributed by atoms with Crippen molar-refractivity contribution >= 4 is 23.4 Å². The molecule has 2 nitrogen and oxygen atoms in total. The van der Waals surface area contributed by atoms with Crippen molar-refractivity contribution in [3.8, 4) is 0 Å². The molecule has 0 heterocycles. The summed E-state index contributed by atoms with van der Waals surface area (Å²) in [4.78, 5) is 12.9. The molecule has 1 amide bonds. The van der Waals surface area contributed by atoms with Gasteiger partial charge in [-0.1, -0.05) is 35.4 Å². The number of aryl methyl sites for hydroxylation is 2. The molecule has 0 aliphatic rings. The molecule has 0 atom stereocenters. The Bertz CT molecular complexity index is 546. The van der Waals surface area contributed by atoms with Crippen LogP contribution in [-0.4, -0.2) is 11.7 Å². The van der Waals surface area contributed by atoms with Crippen LogP contribution in [0, 0.1) is 13.8 Å². The minimum Gasteiger partial charge on any atom is -0.325 e. The lowest BCUT2D eigenvalue weighted by Crippen LogP contribution is -2.13. The van der Waals surface area contributed by atoms with E-state index < -0.39 is 0 Å². The highest BCUT2D eigenvalue weighted by molar-refractivity contribution is 8.00. The molecule has 0 bridgehead atoms. The summed E-state index contributed by atoms with van der Waals surface area (Å²) in [7, 11) is 0. The molecule has 0 fully saturated rings. The van der Waals surface area contributed by atoms with Crippen molar-refractivity contribution in [2.24, 2.45) is 0 Å². The lowest BCUT2D eigenvalue weighted by molar-refractivity contribution is -0.113. The van der Waals surface area contributed by atoms with E-state index in [4.69, 9.17) is 0 Å². The monoisotopic (exact) mass is 271 g/mol. The van der Waals surface area contributed by atoms with E-state index in [-0.39, 0.29) is 5.91 Å². The zero-order valence-electron chi connectivity index (χ0n) is 11.1. The quantitative estimate of drug-likeness (QED) is 0.850. The van der Waals surface area contributed by atoms with E-state index in [1.54, 1.807) is 11.8 Å². The van der Waals surface area contributed by atoms with Crippen molar-refractivity contribution in [2.45, 2.75) is 18.7 Å². The van der Waals surface area contributed by atoms with Gasteiger partial charge in [-0.05, 0) is 38.1 Å². The summed E-state index contributed by atoms with van der Waals surface area (Å²) >= 11 is 1.55. The molecule has 3 heteroatoms. The van der Waals surface area contributed by atoms with Gasteiger partial charge in [-0.2, -0.15) is 0 Å². The summed E-state index contributed by atoms with van der Waals surface area (Å²) in [5, 5.41) is 2.89. The number of nitrogens with one attached hydrogen (secondary N) is 1. The van der Waals surface area contributed by atoms with Crippen molar-refractivity contribution in [2.75, 3.05) is 11.1 Å². The number of rotatable bonds is 4. The standard InChI is InChI=1S/C16H17NOS/c1-12-3-7-14(8-4-12)17-16(18)11-19-15-9-5-13(2)6-10-15/h3-10H,11H2,1-2H3,(H,17,18). The predicted octanol–water partition coefficient (Wildman–Crippen LogP) is 4.03. The lowest BCUT2D eigenvalue weighted by atomic mass is 10.2. The molecule has 0 aromatic heterocycles. The van der Waals surface area contributed by atoms with Crippen LogP contribution < -0.4 is 5.32 Å². The topological polar surface area (TPSA) is 29.1 Å². The maximum atomic E-state index is 11.8. The van der Waals surface area contributed by atoms with Crippen molar-refractivity contribution in [1.29, 1.82) is 0 Å². The molecular weight excluding hydrogens is 254 g/mol. The molecular formula is C16H17NOS. The first-order chi connectivity index (χ1) is 9.13. The van der Waals surface area contributed by atoms with Gasteiger partial charge in [0.05, 0.1) is 5.75 Å². The Morgan fingerprint density at radius 1 is 0.947 bits per heavy atom. The first-order valence-electron chi connectivity index (χ1n) is 6.19. The maximum Gasteiger partial charge on any atom is 0.234 e. The van der Waals surface area contributed by atoms with Gasteiger partial charge in [0.25, 0.3) is 0 Å². The fourth-order valence-electron chi connectivity index (χ4n) is 1.62. The number of hydrogen-bond donors (Lipinski definition) is 1. The number of anilines is 1. The minimum atomic E-state index is 0.0226. The molecule has 0 saturated carbocycles. The number of thioether (sulfide) groups is 1. The summed E-state index contributed by atoms with van der Waals surface area (Å²) in [6.45, 7) is 4.08. The molecule has 0 aliphatic carbocycles. The fraction of sp³-hybridized carbons (Fsp3) is 0.188. The Morgan fingerprint density at radius 2 is 1.47 bits per heavy atom. The summed E-state index contributed by atoms with van der Waals surface area (Å²) in [5.74, 6) is 0.450. The third kappa shape index (κ3) is 4.45.